The van der Waals surface area contributed by atoms with Gasteiger partial charge in [0, 0.05) is 32.3 Å². The third-order valence-corrected chi connectivity index (χ3v) is 3.01. The third-order valence-electron chi connectivity index (χ3n) is 3.01. The molecule has 4 heteroatoms. The molecule has 0 radical (unpaired) electrons. The highest BCUT2D eigenvalue weighted by Crippen LogP contribution is 2.30. The summed E-state index contributed by atoms with van der Waals surface area (Å²) in [7, 11) is 1.71. The molecule has 0 saturated carbocycles. The Morgan fingerprint density at radius 2 is 2.05 bits per heavy atom. The van der Waals surface area contributed by atoms with Crippen LogP contribution in [-0.4, -0.2) is 43.4 Å². The van der Waals surface area contributed by atoms with Gasteiger partial charge in [0.2, 0.25) is 0 Å². The number of phenolic OH excluding ortho intramolecular Hbond substituents is 1. The Kier molecular flexibility index (Phi) is 7.41. The van der Waals surface area contributed by atoms with Crippen LogP contribution in [0.3, 0.4) is 0 Å². The van der Waals surface area contributed by atoms with Crippen molar-refractivity contribution in [2.45, 2.75) is 27.3 Å². The van der Waals surface area contributed by atoms with E-state index in [0.717, 1.165) is 18.7 Å². The van der Waals surface area contributed by atoms with Gasteiger partial charge in [0.25, 0.3) is 0 Å². The molecule has 0 aliphatic rings. The van der Waals surface area contributed by atoms with Crippen LogP contribution in [0, 0.1) is 5.92 Å². The molecule has 1 aromatic carbocycles. The zero-order chi connectivity index (χ0) is 15.0. The van der Waals surface area contributed by atoms with Crippen LogP contribution in [0.25, 0.3) is 0 Å². The monoisotopic (exact) mass is 281 g/mol. The second-order valence-corrected chi connectivity index (χ2v) is 5.32. The summed E-state index contributed by atoms with van der Waals surface area (Å²) < 4.78 is 10.6. The molecule has 0 heterocycles. The first-order valence-electron chi connectivity index (χ1n) is 7.23. The molecule has 0 aliphatic heterocycles. The van der Waals surface area contributed by atoms with Gasteiger partial charge in [-0.1, -0.05) is 26.0 Å². The van der Waals surface area contributed by atoms with Gasteiger partial charge in [0.1, 0.15) is 0 Å². The summed E-state index contributed by atoms with van der Waals surface area (Å²) in [5, 5.41) is 10.2. The first-order valence-corrected chi connectivity index (χ1v) is 7.23. The lowest BCUT2D eigenvalue weighted by Gasteiger charge is -2.24. The van der Waals surface area contributed by atoms with E-state index in [2.05, 4.69) is 18.7 Å². The van der Waals surface area contributed by atoms with E-state index in [0.29, 0.717) is 31.4 Å². The van der Waals surface area contributed by atoms with E-state index in [1.165, 1.54) is 0 Å². The van der Waals surface area contributed by atoms with Crippen molar-refractivity contribution in [2.24, 2.45) is 5.92 Å². The quantitative estimate of drug-likeness (QED) is 0.755. The van der Waals surface area contributed by atoms with Gasteiger partial charge >= 0.3 is 0 Å². The smallest absolute Gasteiger partial charge is 0.162 e. The van der Waals surface area contributed by atoms with Crippen LogP contribution in [0.15, 0.2) is 18.2 Å². The second kappa shape index (κ2) is 8.82. The molecule has 1 rings (SSSR count). The molecule has 114 valence electrons. The van der Waals surface area contributed by atoms with Crippen LogP contribution in [0.1, 0.15) is 26.3 Å². The normalized spacial score (nSPS) is 11.3. The van der Waals surface area contributed by atoms with Crippen molar-refractivity contribution in [3.8, 4) is 11.5 Å². The molecule has 0 bridgehead atoms. The minimum Gasteiger partial charge on any atom is -0.504 e. The Balaban J connectivity index is 2.78. The standard InChI is InChI=1S/C16H27NO3/c1-5-20-15-8-6-7-14(16(15)18)12-17(9-10-19-4)11-13(2)3/h6-8,13,18H,5,9-12H2,1-4H3. The number of phenols is 1. The summed E-state index contributed by atoms with van der Waals surface area (Å²) in [5.41, 5.74) is 0.896. The summed E-state index contributed by atoms with van der Waals surface area (Å²) in [6.07, 6.45) is 0. The van der Waals surface area contributed by atoms with E-state index in [1.54, 1.807) is 13.2 Å². The van der Waals surface area contributed by atoms with Crippen molar-refractivity contribution in [1.29, 1.82) is 0 Å². The van der Waals surface area contributed by atoms with Crippen LogP contribution in [-0.2, 0) is 11.3 Å². The number of rotatable bonds is 9. The average molecular weight is 281 g/mol. The lowest BCUT2D eigenvalue weighted by Crippen LogP contribution is -2.30. The van der Waals surface area contributed by atoms with Gasteiger partial charge < -0.3 is 14.6 Å². The highest BCUT2D eigenvalue weighted by atomic mass is 16.5. The summed E-state index contributed by atoms with van der Waals surface area (Å²) >= 11 is 0. The molecule has 0 saturated heterocycles. The van der Waals surface area contributed by atoms with Crippen molar-refractivity contribution in [3.63, 3.8) is 0 Å². The van der Waals surface area contributed by atoms with Crippen LogP contribution < -0.4 is 4.74 Å². The second-order valence-electron chi connectivity index (χ2n) is 5.32. The number of aromatic hydroxyl groups is 1. The van der Waals surface area contributed by atoms with Crippen LogP contribution in [0.5, 0.6) is 11.5 Å². The van der Waals surface area contributed by atoms with Crippen molar-refractivity contribution < 1.29 is 14.6 Å². The van der Waals surface area contributed by atoms with E-state index in [1.807, 2.05) is 19.1 Å². The molecule has 0 aromatic heterocycles. The minimum absolute atomic E-state index is 0.250. The maximum atomic E-state index is 10.2. The van der Waals surface area contributed by atoms with Crippen molar-refractivity contribution >= 4 is 0 Å². The van der Waals surface area contributed by atoms with Crippen molar-refractivity contribution in [1.82, 2.24) is 4.90 Å². The Hall–Kier alpha value is -1.26. The molecule has 0 amide bonds. The Morgan fingerprint density at radius 1 is 1.30 bits per heavy atom. The highest BCUT2D eigenvalue weighted by Gasteiger charge is 2.13. The first-order chi connectivity index (χ1) is 9.58. The minimum atomic E-state index is 0.250. The fraction of sp³-hybridized carbons (Fsp3) is 0.625. The van der Waals surface area contributed by atoms with E-state index in [9.17, 15) is 5.11 Å². The number of benzene rings is 1. The fourth-order valence-electron chi connectivity index (χ4n) is 2.18. The molecule has 0 spiro atoms. The molecule has 0 unspecified atom stereocenters. The lowest BCUT2D eigenvalue weighted by atomic mass is 10.1. The summed E-state index contributed by atoms with van der Waals surface area (Å²) in [5.74, 6) is 1.38. The zero-order valence-electron chi connectivity index (χ0n) is 13.1. The summed E-state index contributed by atoms with van der Waals surface area (Å²) in [6.45, 7) is 10.1. The number of ether oxygens (including phenoxy) is 2. The summed E-state index contributed by atoms with van der Waals surface area (Å²) in [4.78, 5) is 2.29. The van der Waals surface area contributed by atoms with E-state index >= 15 is 0 Å². The Morgan fingerprint density at radius 3 is 2.65 bits per heavy atom. The molecular formula is C16H27NO3. The van der Waals surface area contributed by atoms with Gasteiger partial charge in [-0.3, -0.25) is 4.90 Å². The van der Waals surface area contributed by atoms with Gasteiger partial charge in [0.05, 0.1) is 13.2 Å². The first kappa shape index (κ1) is 16.8. The van der Waals surface area contributed by atoms with Gasteiger partial charge in [-0.2, -0.15) is 0 Å². The molecule has 0 aliphatic carbocycles. The lowest BCUT2D eigenvalue weighted by molar-refractivity contribution is 0.135. The van der Waals surface area contributed by atoms with Crippen molar-refractivity contribution in [3.05, 3.63) is 23.8 Å². The van der Waals surface area contributed by atoms with Gasteiger partial charge in [0.15, 0.2) is 11.5 Å². The maximum absolute atomic E-state index is 10.2. The molecule has 0 fully saturated rings. The molecule has 1 N–H and O–H groups in total. The van der Waals surface area contributed by atoms with Gasteiger partial charge in [-0.25, -0.2) is 0 Å². The molecular weight excluding hydrogens is 254 g/mol. The van der Waals surface area contributed by atoms with Gasteiger partial charge in [-0.05, 0) is 18.9 Å². The molecule has 4 nitrogen and oxygen atoms in total. The van der Waals surface area contributed by atoms with Crippen LogP contribution >= 0.6 is 0 Å². The number of nitrogens with zero attached hydrogens (tertiary/aromatic N) is 1. The van der Waals surface area contributed by atoms with Crippen LogP contribution in [0.4, 0.5) is 0 Å². The molecule has 0 atom stereocenters. The number of hydrogen-bond acceptors (Lipinski definition) is 4. The van der Waals surface area contributed by atoms with E-state index in [4.69, 9.17) is 9.47 Å². The number of methoxy groups -OCH3 is 1. The zero-order valence-corrected chi connectivity index (χ0v) is 13.1. The summed E-state index contributed by atoms with van der Waals surface area (Å²) in [6, 6.07) is 5.66. The average Bonchev–Trinajstić information content (AvgIpc) is 2.40. The van der Waals surface area contributed by atoms with Crippen LogP contribution in [0.2, 0.25) is 0 Å². The van der Waals surface area contributed by atoms with E-state index < -0.39 is 0 Å². The van der Waals surface area contributed by atoms with Crippen molar-refractivity contribution in [2.75, 3.05) is 33.4 Å². The molecule has 1 aromatic rings. The fourth-order valence-corrected chi connectivity index (χ4v) is 2.18. The number of hydrogen-bond donors (Lipinski definition) is 1. The SMILES string of the molecule is CCOc1cccc(CN(CCOC)CC(C)C)c1O. The Bertz CT molecular complexity index is 393. The topological polar surface area (TPSA) is 41.9 Å². The highest BCUT2D eigenvalue weighted by molar-refractivity contribution is 5.45. The predicted molar refractivity (Wildman–Crippen MR) is 81.3 cm³/mol. The largest absolute Gasteiger partial charge is 0.504 e. The number of para-hydroxylation sites is 1. The van der Waals surface area contributed by atoms with Gasteiger partial charge in [-0.15, -0.1) is 0 Å². The Labute approximate surface area is 122 Å². The maximum Gasteiger partial charge on any atom is 0.162 e. The predicted octanol–water partition coefficient (Wildman–Crippen LogP) is 2.90. The third kappa shape index (κ3) is 5.39. The molecule has 20 heavy (non-hydrogen) atoms. The van der Waals surface area contributed by atoms with E-state index in [-0.39, 0.29) is 5.75 Å².